The monoisotopic (exact) mass is 332 g/mol. The Morgan fingerprint density at radius 2 is 2.00 bits per heavy atom. The summed E-state index contributed by atoms with van der Waals surface area (Å²) in [7, 11) is 0. The van der Waals surface area contributed by atoms with Crippen LogP contribution >= 0.6 is 11.6 Å². The molecule has 0 aliphatic rings. The zero-order chi connectivity index (χ0) is 16.7. The van der Waals surface area contributed by atoms with Gasteiger partial charge in [-0.2, -0.15) is 0 Å². The van der Waals surface area contributed by atoms with E-state index >= 15 is 0 Å². The molecule has 0 saturated carbocycles. The van der Waals surface area contributed by atoms with Crippen LogP contribution in [0.25, 0.3) is 0 Å². The summed E-state index contributed by atoms with van der Waals surface area (Å²) in [6, 6.07) is 12.5. The van der Waals surface area contributed by atoms with Crippen molar-refractivity contribution in [3.63, 3.8) is 0 Å². The van der Waals surface area contributed by atoms with Crippen LogP contribution in [-0.2, 0) is 17.9 Å². The summed E-state index contributed by atoms with van der Waals surface area (Å²) >= 11 is 5.76. The molecule has 1 aromatic carbocycles. The third-order valence-electron chi connectivity index (χ3n) is 4.13. The molecule has 0 atom stereocenters. The van der Waals surface area contributed by atoms with Crippen LogP contribution in [0.15, 0.2) is 42.6 Å². The normalized spacial score (nSPS) is 10.7. The Kier molecular flexibility index (Phi) is 6.72. The summed E-state index contributed by atoms with van der Waals surface area (Å²) in [5.74, 6) is 0.0473. The van der Waals surface area contributed by atoms with Crippen LogP contribution in [0.3, 0.4) is 0 Å². The molecule has 0 spiro atoms. The second-order valence-electron chi connectivity index (χ2n) is 5.86. The molecule has 2 rings (SSSR count). The van der Waals surface area contributed by atoms with Crippen molar-refractivity contribution in [2.24, 2.45) is 0 Å². The molecule has 1 heterocycles. The highest BCUT2D eigenvalue weighted by atomic mass is 35.5. The number of benzene rings is 1. The number of carbonyl (C=O) groups excluding carboxylic acids is 1. The van der Waals surface area contributed by atoms with E-state index in [0.717, 1.165) is 31.6 Å². The van der Waals surface area contributed by atoms with Gasteiger partial charge in [-0.15, -0.1) is 11.6 Å². The Balaban J connectivity index is 2.13. The smallest absolute Gasteiger partial charge is 0.237 e. The lowest BCUT2D eigenvalue weighted by Crippen LogP contribution is -2.33. The molecule has 0 aliphatic heterocycles. The van der Waals surface area contributed by atoms with Gasteiger partial charge in [-0.05, 0) is 36.6 Å². The standard InChI is InChI=1S/C19H25ClN2O/c1-3-4-11-22(19(23)13-20)15-18-10-7-12-21(18)14-17-9-6-5-8-16(17)2/h5-10,12H,3-4,11,13-15H2,1-2H3. The van der Waals surface area contributed by atoms with E-state index in [4.69, 9.17) is 11.6 Å². The molecule has 4 heteroatoms. The van der Waals surface area contributed by atoms with Gasteiger partial charge in [0, 0.05) is 25.0 Å². The number of carbonyl (C=O) groups is 1. The molecule has 0 radical (unpaired) electrons. The first kappa shape index (κ1) is 17.6. The quantitative estimate of drug-likeness (QED) is 0.665. The summed E-state index contributed by atoms with van der Waals surface area (Å²) in [5, 5.41) is 0. The van der Waals surface area contributed by atoms with Crippen molar-refractivity contribution in [3.8, 4) is 0 Å². The van der Waals surface area contributed by atoms with Crippen molar-refractivity contribution in [2.75, 3.05) is 12.4 Å². The molecule has 124 valence electrons. The minimum atomic E-state index is 0.00348. The number of amides is 1. The first-order valence-electron chi connectivity index (χ1n) is 8.18. The highest BCUT2D eigenvalue weighted by molar-refractivity contribution is 6.27. The van der Waals surface area contributed by atoms with Crippen molar-refractivity contribution in [2.45, 2.75) is 39.8 Å². The average molecular weight is 333 g/mol. The zero-order valence-electron chi connectivity index (χ0n) is 14.0. The fourth-order valence-corrected chi connectivity index (χ4v) is 2.81. The molecule has 23 heavy (non-hydrogen) atoms. The van der Waals surface area contributed by atoms with E-state index in [-0.39, 0.29) is 11.8 Å². The number of alkyl halides is 1. The third kappa shape index (κ3) is 4.87. The van der Waals surface area contributed by atoms with E-state index in [1.807, 2.05) is 11.0 Å². The van der Waals surface area contributed by atoms with Gasteiger partial charge < -0.3 is 9.47 Å². The first-order valence-corrected chi connectivity index (χ1v) is 8.71. The maximum absolute atomic E-state index is 12.1. The molecule has 2 aromatic rings. The maximum atomic E-state index is 12.1. The second-order valence-corrected chi connectivity index (χ2v) is 6.12. The number of unbranched alkanes of at least 4 members (excludes halogenated alkanes) is 1. The Morgan fingerprint density at radius 3 is 2.70 bits per heavy atom. The molecule has 0 saturated heterocycles. The molecule has 0 aliphatic carbocycles. The highest BCUT2D eigenvalue weighted by Crippen LogP contribution is 2.14. The zero-order valence-corrected chi connectivity index (χ0v) is 14.7. The summed E-state index contributed by atoms with van der Waals surface area (Å²) in [6.45, 7) is 6.46. The Hall–Kier alpha value is -1.74. The lowest BCUT2D eigenvalue weighted by atomic mass is 10.1. The van der Waals surface area contributed by atoms with Crippen LogP contribution in [0, 0.1) is 6.92 Å². The molecule has 1 aromatic heterocycles. The van der Waals surface area contributed by atoms with Gasteiger partial charge in [0.05, 0.1) is 6.54 Å². The van der Waals surface area contributed by atoms with E-state index in [9.17, 15) is 4.79 Å². The van der Waals surface area contributed by atoms with Gasteiger partial charge in [0.25, 0.3) is 0 Å². The molecule has 0 N–H and O–H groups in total. The van der Waals surface area contributed by atoms with E-state index in [2.05, 4.69) is 54.9 Å². The van der Waals surface area contributed by atoms with Crippen LogP contribution in [-0.4, -0.2) is 27.8 Å². The van der Waals surface area contributed by atoms with E-state index in [1.54, 1.807) is 0 Å². The van der Waals surface area contributed by atoms with Crippen LogP contribution in [0.4, 0.5) is 0 Å². The predicted octanol–water partition coefficient (Wildman–Crippen LogP) is 4.21. The Morgan fingerprint density at radius 1 is 1.22 bits per heavy atom. The van der Waals surface area contributed by atoms with Crippen LogP contribution in [0.2, 0.25) is 0 Å². The SMILES string of the molecule is CCCCN(Cc1cccn1Cc1ccccc1C)C(=O)CCl. The lowest BCUT2D eigenvalue weighted by molar-refractivity contribution is -0.129. The molecule has 0 fully saturated rings. The van der Waals surface area contributed by atoms with Gasteiger partial charge in [-0.1, -0.05) is 37.6 Å². The number of rotatable bonds is 8. The molecule has 3 nitrogen and oxygen atoms in total. The summed E-state index contributed by atoms with van der Waals surface area (Å²) in [5.41, 5.74) is 3.73. The highest BCUT2D eigenvalue weighted by Gasteiger charge is 2.14. The molecule has 0 unspecified atom stereocenters. The van der Waals surface area contributed by atoms with Gasteiger partial charge >= 0.3 is 0 Å². The summed E-state index contributed by atoms with van der Waals surface area (Å²) < 4.78 is 2.21. The summed E-state index contributed by atoms with van der Waals surface area (Å²) in [4.78, 5) is 13.9. The van der Waals surface area contributed by atoms with Gasteiger partial charge in [0.15, 0.2) is 0 Å². The second kappa shape index (κ2) is 8.78. The van der Waals surface area contributed by atoms with Crippen LogP contribution in [0.1, 0.15) is 36.6 Å². The lowest BCUT2D eigenvalue weighted by Gasteiger charge is -2.23. The van der Waals surface area contributed by atoms with Crippen molar-refractivity contribution in [3.05, 3.63) is 59.4 Å². The van der Waals surface area contributed by atoms with Crippen molar-refractivity contribution >= 4 is 17.5 Å². The molecular weight excluding hydrogens is 308 g/mol. The molecule has 1 amide bonds. The summed E-state index contributed by atoms with van der Waals surface area (Å²) in [6.07, 6.45) is 4.14. The topological polar surface area (TPSA) is 25.2 Å². The van der Waals surface area contributed by atoms with Gasteiger partial charge in [-0.3, -0.25) is 4.79 Å². The van der Waals surface area contributed by atoms with Gasteiger partial charge in [0.1, 0.15) is 5.88 Å². The average Bonchev–Trinajstić information content (AvgIpc) is 2.99. The number of aromatic nitrogens is 1. The number of nitrogens with zero attached hydrogens (tertiary/aromatic N) is 2. The van der Waals surface area contributed by atoms with Gasteiger partial charge in [0.2, 0.25) is 5.91 Å². The Bertz CT molecular complexity index is 636. The number of hydrogen-bond acceptors (Lipinski definition) is 1. The minimum Gasteiger partial charge on any atom is -0.345 e. The molecule has 0 bridgehead atoms. The fourth-order valence-electron chi connectivity index (χ4n) is 2.64. The Labute approximate surface area is 143 Å². The first-order chi connectivity index (χ1) is 11.2. The fraction of sp³-hybridized carbons (Fsp3) is 0.421. The number of aryl methyl sites for hydroxylation is 1. The number of hydrogen-bond donors (Lipinski definition) is 0. The minimum absolute atomic E-state index is 0.00348. The van der Waals surface area contributed by atoms with Crippen LogP contribution in [0.5, 0.6) is 0 Å². The van der Waals surface area contributed by atoms with E-state index in [1.165, 1.54) is 11.1 Å². The van der Waals surface area contributed by atoms with E-state index < -0.39 is 0 Å². The maximum Gasteiger partial charge on any atom is 0.237 e. The van der Waals surface area contributed by atoms with E-state index in [0.29, 0.717) is 6.54 Å². The van der Waals surface area contributed by atoms with Crippen molar-refractivity contribution in [1.82, 2.24) is 9.47 Å². The van der Waals surface area contributed by atoms with Crippen molar-refractivity contribution < 1.29 is 4.79 Å². The predicted molar refractivity (Wildman–Crippen MR) is 95.8 cm³/mol. The largest absolute Gasteiger partial charge is 0.345 e. The van der Waals surface area contributed by atoms with Crippen molar-refractivity contribution in [1.29, 1.82) is 0 Å². The van der Waals surface area contributed by atoms with Crippen LogP contribution < -0.4 is 0 Å². The number of halogens is 1. The van der Waals surface area contributed by atoms with Gasteiger partial charge in [-0.25, -0.2) is 0 Å². The molecular formula is C19H25ClN2O. The third-order valence-corrected chi connectivity index (χ3v) is 4.36.